The van der Waals surface area contributed by atoms with Crippen LogP contribution in [0.5, 0.6) is 0 Å². The standard InChI is InChI=1S/C16H15ClN4OS2/c1-10(15(22)18-12-7-4-3-6-11(12)17)24-16-20-19-14(21(16)2)13-8-5-9-23-13/h3-10H,1-2H3,(H,18,22). The predicted molar refractivity (Wildman–Crippen MR) is 99.7 cm³/mol. The zero-order chi connectivity index (χ0) is 17.1. The molecular formula is C16H15ClN4OS2. The Morgan fingerprint density at radius 1 is 1.29 bits per heavy atom. The van der Waals surface area contributed by atoms with Crippen molar-refractivity contribution in [3.05, 3.63) is 46.8 Å². The lowest BCUT2D eigenvalue weighted by molar-refractivity contribution is -0.115. The first-order valence-electron chi connectivity index (χ1n) is 7.21. The van der Waals surface area contributed by atoms with E-state index in [0.717, 1.165) is 10.7 Å². The Kier molecular flexibility index (Phi) is 5.23. The third-order valence-electron chi connectivity index (χ3n) is 3.36. The molecule has 0 saturated carbocycles. The average molecular weight is 379 g/mol. The topological polar surface area (TPSA) is 59.8 Å². The number of nitrogens with one attached hydrogen (secondary N) is 1. The Labute approximate surface area is 153 Å². The summed E-state index contributed by atoms with van der Waals surface area (Å²) in [6.45, 7) is 1.83. The van der Waals surface area contributed by atoms with E-state index in [4.69, 9.17) is 11.6 Å². The normalized spacial score (nSPS) is 12.1. The van der Waals surface area contributed by atoms with E-state index in [1.807, 2.05) is 48.2 Å². The molecule has 1 amide bonds. The van der Waals surface area contributed by atoms with Crippen molar-refractivity contribution in [2.24, 2.45) is 7.05 Å². The third-order valence-corrected chi connectivity index (χ3v) is 5.69. The van der Waals surface area contributed by atoms with Crippen molar-refractivity contribution >= 4 is 46.3 Å². The number of carbonyl (C=O) groups excluding carboxylic acids is 1. The van der Waals surface area contributed by atoms with Crippen LogP contribution in [0.2, 0.25) is 5.02 Å². The molecule has 5 nitrogen and oxygen atoms in total. The number of anilines is 1. The van der Waals surface area contributed by atoms with Gasteiger partial charge < -0.3 is 9.88 Å². The minimum Gasteiger partial charge on any atom is -0.324 e. The maximum Gasteiger partial charge on any atom is 0.237 e. The molecule has 8 heteroatoms. The molecular weight excluding hydrogens is 364 g/mol. The molecule has 24 heavy (non-hydrogen) atoms. The Morgan fingerprint density at radius 3 is 2.79 bits per heavy atom. The average Bonchev–Trinajstić information content (AvgIpc) is 3.20. The van der Waals surface area contributed by atoms with Crippen molar-refractivity contribution in [2.75, 3.05) is 5.32 Å². The molecule has 0 fully saturated rings. The van der Waals surface area contributed by atoms with Crippen LogP contribution < -0.4 is 5.32 Å². The molecule has 124 valence electrons. The fourth-order valence-electron chi connectivity index (χ4n) is 2.05. The van der Waals surface area contributed by atoms with Crippen molar-refractivity contribution in [1.82, 2.24) is 14.8 Å². The summed E-state index contributed by atoms with van der Waals surface area (Å²) in [7, 11) is 1.90. The van der Waals surface area contributed by atoms with Gasteiger partial charge in [0.2, 0.25) is 5.91 Å². The van der Waals surface area contributed by atoms with Gasteiger partial charge in [-0.15, -0.1) is 21.5 Å². The lowest BCUT2D eigenvalue weighted by Crippen LogP contribution is -2.23. The molecule has 0 saturated heterocycles. The monoisotopic (exact) mass is 378 g/mol. The van der Waals surface area contributed by atoms with Gasteiger partial charge in [-0.2, -0.15) is 0 Å². The van der Waals surface area contributed by atoms with Crippen molar-refractivity contribution in [2.45, 2.75) is 17.3 Å². The summed E-state index contributed by atoms with van der Waals surface area (Å²) in [6, 6.07) is 11.1. The predicted octanol–water partition coefficient (Wildman–Crippen LogP) is 4.32. The molecule has 2 aromatic heterocycles. The first kappa shape index (κ1) is 17.0. The van der Waals surface area contributed by atoms with Crippen LogP contribution in [0.4, 0.5) is 5.69 Å². The van der Waals surface area contributed by atoms with Crippen molar-refractivity contribution < 1.29 is 4.79 Å². The molecule has 0 spiro atoms. The van der Waals surface area contributed by atoms with E-state index in [2.05, 4.69) is 15.5 Å². The largest absolute Gasteiger partial charge is 0.324 e. The van der Waals surface area contributed by atoms with Gasteiger partial charge >= 0.3 is 0 Å². The number of para-hydroxylation sites is 1. The number of aromatic nitrogens is 3. The number of carbonyl (C=O) groups is 1. The molecule has 2 heterocycles. The van der Waals surface area contributed by atoms with Gasteiger partial charge in [0.1, 0.15) is 0 Å². The van der Waals surface area contributed by atoms with Crippen LogP contribution in [0.3, 0.4) is 0 Å². The molecule has 0 bridgehead atoms. The number of amides is 1. The molecule has 1 atom stereocenters. The van der Waals surface area contributed by atoms with Crippen LogP contribution in [0.15, 0.2) is 46.9 Å². The SMILES string of the molecule is CC(Sc1nnc(-c2cccs2)n1C)C(=O)Nc1ccccc1Cl. The maximum atomic E-state index is 12.4. The van der Waals surface area contributed by atoms with Gasteiger partial charge in [0.25, 0.3) is 0 Å². The molecule has 1 N–H and O–H groups in total. The zero-order valence-corrected chi connectivity index (χ0v) is 15.5. The van der Waals surface area contributed by atoms with Crippen LogP contribution in [0, 0.1) is 0 Å². The Balaban J connectivity index is 1.70. The highest BCUT2D eigenvalue weighted by Gasteiger charge is 2.20. The van der Waals surface area contributed by atoms with Crippen LogP contribution in [0.25, 0.3) is 10.7 Å². The van der Waals surface area contributed by atoms with E-state index in [1.54, 1.807) is 23.5 Å². The van der Waals surface area contributed by atoms with E-state index in [0.29, 0.717) is 15.9 Å². The smallest absolute Gasteiger partial charge is 0.237 e. The fourth-order valence-corrected chi connectivity index (χ4v) is 3.79. The van der Waals surface area contributed by atoms with Crippen molar-refractivity contribution in [1.29, 1.82) is 0 Å². The highest BCUT2D eigenvalue weighted by atomic mass is 35.5. The molecule has 1 unspecified atom stereocenters. The van der Waals surface area contributed by atoms with Gasteiger partial charge in [0.15, 0.2) is 11.0 Å². The summed E-state index contributed by atoms with van der Waals surface area (Å²) < 4.78 is 1.90. The second-order valence-electron chi connectivity index (χ2n) is 5.07. The van der Waals surface area contributed by atoms with Crippen LogP contribution in [-0.2, 0) is 11.8 Å². The van der Waals surface area contributed by atoms with E-state index in [1.165, 1.54) is 11.8 Å². The van der Waals surface area contributed by atoms with Crippen LogP contribution in [-0.4, -0.2) is 25.9 Å². The number of nitrogens with zero attached hydrogens (tertiary/aromatic N) is 3. The first-order chi connectivity index (χ1) is 11.6. The number of rotatable bonds is 5. The van der Waals surface area contributed by atoms with E-state index in [-0.39, 0.29) is 11.2 Å². The Morgan fingerprint density at radius 2 is 2.08 bits per heavy atom. The van der Waals surface area contributed by atoms with Gasteiger partial charge in [0.05, 0.1) is 20.8 Å². The highest BCUT2D eigenvalue weighted by molar-refractivity contribution is 8.00. The minimum absolute atomic E-state index is 0.131. The lowest BCUT2D eigenvalue weighted by atomic mass is 10.3. The molecule has 1 aromatic carbocycles. The van der Waals surface area contributed by atoms with Crippen molar-refractivity contribution in [3.63, 3.8) is 0 Å². The van der Waals surface area contributed by atoms with Gasteiger partial charge in [-0.25, -0.2) is 0 Å². The molecule has 0 aliphatic carbocycles. The summed E-state index contributed by atoms with van der Waals surface area (Å²) in [5, 5.41) is 14.1. The summed E-state index contributed by atoms with van der Waals surface area (Å²) in [6.07, 6.45) is 0. The number of hydrogen-bond donors (Lipinski definition) is 1. The quantitative estimate of drug-likeness (QED) is 0.672. The maximum absolute atomic E-state index is 12.4. The summed E-state index contributed by atoms with van der Waals surface area (Å²) in [5.41, 5.74) is 0.605. The molecule has 0 aliphatic rings. The summed E-state index contributed by atoms with van der Waals surface area (Å²) in [4.78, 5) is 13.4. The lowest BCUT2D eigenvalue weighted by Gasteiger charge is -2.12. The second-order valence-corrected chi connectivity index (χ2v) is 7.73. The molecule has 3 aromatic rings. The second kappa shape index (κ2) is 7.38. The molecule has 0 aliphatic heterocycles. The number of halogens is 1. The van der Waals surface area contributed by atoms with Gasteiger partial charge in [-0.05, 0) is 30.5 Å². The zero-order valence-electron chi connectivity index (χ0n) is 13.1. The van der Waals surface area contributed by atoms with Crippen LogP contribution in [0.1, 0.15) is 6.92 Å². The summed E-state index contributed by atoms with van der Waals surface area (Å²) >= 11 is 9.04. The van der Waals surface area contributed by atoms with Crippen LogP contribution >= 0.6 is 34.7 Å². The number of hydrogen-bond acceptors (Lipinski definition) is 5. The Hall–Kier alpha value is -1.83. The number of thioether (sulfide) groups is 1. The molecule has 3 rings (SSSR count). The number of thiophene rings is 1. The molecule has 0 radical (unpaired) electrons. The van der Waals surface area contributed by atoms with Gasteiger partial charge in [0, 0.05) is 7.05 Å². The van der Waals surface area contributed by atoms with Gasteiger partial charge in [-0.3, -0.25) is 4.79 Å². The third kappa shape index (κ3) is 3.63. The van der Waals surface area contributed by atoms with E-state index >= 15 is 0 Å². The highest BCUT2D eigenvalue weighted by Crippen LogP contribution is 2.29. The van der Waals surface area contributed by atoms with E-state index < -0.39 is 0 Å². The minimum atomic E-state index is -0.333. The summed E-state index contributed by atoms with van der Waals surface area (Å²) in [5.74, 6) is 0.667. The van der Waals surface area contributed by atoms with Gasteiger partial charge in [-0.1, -0.05) is 41.6 Å². The fraction of sp³-hybridized carbons (Fsp3) is 0.188. The first-order valence-corrected chi connectivity index (χ1v) is 9.35. The number of benzene rings is 1. The Bertz CT molecular complexity index is 848. The van der Waals surface area contributed by atoms with Crippen molar-refractivity contribution in [3.8, 4) is 10.7 Å². The van der Waals surface area contributed by atoms with E-state index in [9.17, 15) is 4.79 Å².